The first-order valence-electron chi connectivity index (χ1n) is 17.5. The highest BCUT2D eigenvalue weighted by atomic mass is 16.5. The Morgan fingerprint density at radius 2 is 1.66 bits per heavy atom. The van der Waals surface area contributed by atoms with E-state index in [2.05, 4.69) is 9.88 Å². The zero-order valence-electron chi connectivity index (χ0n) is 28.9. The number of benzene rings is 2. The highest BCUT2D eigenvalue weighted by Crippen LogP contribution is 2.41. The molecule has 0 bridgehead atoms. The van der Waals surface area contributed by atoms with E-state index in [-0.39, 0.29) is 56.4 Å². The summed E-state index contributed by atoms with van der Waals surface area (Å²) in [4.78, 5) is 50.0. The summed E-state index contributed by atoms with van der Waals surface area (Å²) in [6.45, 7) is 5.56. The molecule has 3 heterocycles. The molecular formula is C37H48N6O7. The molecule has 2 aromatic carbocycles. The molecule has 2 N–H and O–H groups in total. The minimum atomic E-state index is -1.10. The average molecular weight is 689 g/mol. The number of hydrogen-bond acceptors (Lipinski definition) is 8. The molecule has 268 valence electrons. The quantitative estimate of drug-likeness (QED) is 0.324. The Morgan fingerprint density at radius 3 is 2.34 bits per heavy atom. The molecule has 2 saturated heterocycles. The van der Waals surface area contributed by atoms with Gasteiger partial charge in [0.25, 0.3) is 5.91 Å². The van der Waals surface area contributed by atoms with Crippen LogP contribution in [0.25, 0.3) is 11.3 Å². The van der Waals surface area contributed by atoms with Crippen LogP contribution >= 0.6 is 0 Å². The molecule has 0 unspecified atom stereocenters. The van der Waals surface area contributed by atoms with Crippen LogP contribution in [0.5, 0.6) is 5.75 Å². The summed E-state index contributed by atoms with van der Waals surface area (Å²) >= 11 is 0. The van der Waals surface area contributed by atoms with E-state index in [4.69, 9.17) is 9.47 Å². The number of amides is 3. The largest absolute Gasteiger partial charge is 0.494 e. The minimum absolute atomic E-state index is 0.0968. The van der Waals surface area contributed by atoms with E-state index in [9.17, 15) is 24.6 Å². The maximum atomic E-state index is 14.5. The monoisotopic (exact) mass is 688 g/mol. The van der Waals surface area contributed by atoms with Crippen molar-refractivity contribution in [3.8, 4) is 17.0 Å². The van der Waals surface area contributed by atoms with Crippen molar-refractivity contribution in [2.24, 2.45) is 0 Å². The topological polar surface area (TPSA) is 141 Å². The number of nitrogens with zero attached hydrogens (tertiary/aromatic N) is 6. The number of ether oxygens (including phenoxy) is 2. The van der Waals surface area contributed by atoms with Gasteiger partial charge in [-0.25, -0.2) is 9.78 Å². The molecule has 50 heavy (non-hydrogen) atoms. The second-order valence-electron chi connectivity index (χ2n) is 13.5. The third-order valence-electron chi connectivity index (χ3n) is 10.4. The van der Waals surface area contributed by atoms with Gasteiger partial charge < -0.3 is 43.9 Å². The van der Waals surface area contributed by atoms with E-state index < -0.39 is 17.7 Å². The van der Waals surface area contributed by atoms with Gasteiger partial charge in [-0.3, -0.25) is 9.59 Å². The van der Waals surface area contributed by atoms with E-state index in [0.717, 1.165) is 43.6 Å². The summed E-state index contributed by atoms with van der Waals surface area (Å²) in [7, 11) is 1.58. The molecule has 1 aromatic heterocycles. The van der Waals surface area contributed by atoms with Crippen LogP contribution in [-0.4, -0.2) is 130 Å². The number of aromatic nitrogens is 2. The van der Waals surface area contributed by atoms with Gasteiger partial charge in [-0.05, 0) is 37.1 Å². The van der Waals surface area contributed by atoms with E-state index >= 15 is 0 Å². The first kappa shape index (κ1) is 35.2. The number of methoxy groups -OCH3 is 1. The number of carboxylic acid groups (broad SMARTS) is 1. The molecule has 13 nitrogen and oxygen atoms in total. The van der Waals surface area contributed by atoms with Gasteiger partial charge in [0.1, 0.15) is 11.4 Å². The second-order valence-corrected chi connectivity index (χ2v) is 13.5. The fourth-order valence-electron chi connectivity index (χ4n) is 7.68. The molecule has 3 aromatic rings. The van der Waals surface area contributed by atoms with Crippen molar-refractivity contribution >= 4 is 23.6 Å². The Morgan fingerprint density at radius 1 is 0.940 bits per heavy atom. The van der Waals surface area contributed by atoms with E-state index in [0.29, 0.717) is 37.4 Å². The molecule has 3 amide bonds. The van der Waals surface area contributed by atoms with Crippen LogP contribution in [0.15, 0.2) is 60.9 Å². The van der Waals surface area contributed by atoms with Gasteiger partial charge in [-0.15, -0.1) is 0 Å². The van der Waals surface area contributed by atoms with Crippen molar-refractivity contribution in [3.05, 3.63) is 66.6 Å². The van der Waals surface area contributed by atoms with Crippen LogP contribution in [-0.2, 0) is 9.53 Å². The van der Waals surface area contributed by atoms with Crippen LogP contribution in [0.2, 0.25) is 0 Å². The predicted octanol–water partition coefficient (Wildman–Crippen LogP) is 3.98. The maximum absolute atomic E-state index is 14.5. The third-order valence-corrected chi connectivity index (χ3v) is 10.4. The zero-order chi connectivity index (χ0) is 35.3. The van der Waals surface area contributed by atoms with Crippen LogP contribution in [0.4, 0.5) is 10.5 Å². The smallest absolute Gasteiger partial charge is 0.407 e. The zero-order valence-corrected chi connectivity index (χ0v) is 28.9. The van der Waals surface area contributed by atoms with E-state index in [1.54, 1.807) is 25.3 Å². The number of rotatable bonds is 10. The number of imidazole rings is 1. The lowest BCUT2D eigenvalue weighted by atomic mass is 9.80. The number of anilines is 1. The highest BCUT2D eigenvalue weighted by molar-refractivity contribution is 5.98. The summed E-state index contributed by atoms with van der Waals surface area (Å²) in [5.41, 5.74) is 1.68. The fraction of sp³-hybridized carbons (Fsp3) is 0.514. The van der Waals surface area contributed by atoms with Gasteiger partial charge >= 0.3 is 6.09 Å². The number of aliphatic hydroxyl groups is 1. The number of hydrogen-bond donors (Lipinski definition) is 2. The van der Waals surface area contributed by atoms with Crippen LogP contribution in [0, 0.1) is 0 Å². The molecule has 3 atom stereocenters. The van der Waals surface area contributed by atoms with Crippen molar-refractivity contribution in [1.29, 1.82) is 0 Å². The minimum Gasteiger partial charge on any atom is -0.494 e. The molecule has 1 saturated carbocycles. The first-order valence-corrected chi connectivity index (χ1v) is 17.5. The Labute approximate surface area is 293 Å². The van der Waals surface area contributed by atoms with Crippen LogP contribution < -0.4 is 9.64 Å². The van der Waals surface area contributed by atoms with Gasteiger partial charge in [0.2, 0.25) is 5.91 Å². The summed E-state index contributed by atoms with van der Waals surface area (Å²) in [6.07, 6.45) is 4.18. The molecule has 0 spiro atoms. The Kier molecular flexibility index (Phi) is 10.9. The SMILES string of the molecule is COC[C@]1(O)CCCC[C@H]1n1cnc(C(=O)N2CCN(C(=O)O)C[C@H]2CCOc2ccc(N3CCN(C(C)=O)CC3)cc2)c1-c1ccccc1. The predicted molar refractivity (Wildman–Crippen MR) is 187 cm³/mol. The number of piperazine rings is 2. The van der Waals surface area contributed by atoms with E-state index in [1.165, 1.54) is 4.90 Å². The summed E-state index contributed by atoms with van der Waals surface area (Å²) in [5, 5.41) is 21.5. The molecule has 3 aliphatic rings. The lowest BCUT2D eigenvalue weighted by molar-refractivity contribution is -0.129. The molecule has 2 aliphatic heterocycles. The molecular weight excluding hydrogens is 640 g/mol. The van der Waals surface area contributed by atoms with Crippen molar-refractivity contribution in [3.63, 3.8) is 0 Å². The lowest BCUT2D eigenvalue weighted by Crippen LogP contribution is -2.56. The molecule has 3 fully saturated rings. The van der Waals surface area contributed by atoms with Gasteiger partial charge in [-0.2, -0.15) is 0 Å². The third kappa shape index (κ3) is 7.58. The Bertz CT molecular complexity index is 1620. The Balaban J connectivity index is 1.19. The van der Waals surface area contributed by atoms with Crippen molar-refractivity contribution in [2.75, 3.05) is 71.0 Å². The van der Waals surface area contributed by atoms with Crippen LogP contribution in [0.3, 0.4) is 0 Å². The first-order chi connectivity index (χ1) is 24.2. The maximum Gasteiger partial charge on any atom is 0.407 e. The number of carbonyl (C=O) groups excluding carboxylic acids is 2. The van der Waals surface area contributed by atoms with Crippen molar-refractivity contribution in [2.45, 2.75) is 56.7 Å². The standard InChI is InChI=1S/C37H48N6O7/c1-27(44)39-17-19-40(20-18-39)29-11-13-31(14-12-29)50-23-15-30-24-41(36(46)47)21-22-42(30)35(45)33-34(28-8-4-3-5-9-28)43(26-38-33)32-10-6-7-16-37(32,48)25-49-2/h3-5,8-9,11-14,26,30,32,48H,6-7,10,15-25H2,1-2H3,(H,46,47)/t30-,32-,37-/m1/s1. The molecule has 13 heteroatoms. The van der Waals surface area contributed by atoms with Crippen molar-refractivity contribution < 1.29 is 34.1 Å². The van der Waals surface area contributed by atoms with Gasteiger partial charge in [0.05, 0.1) is 37.3 Å². The highest BCUT2D eigenvalue weighted by Gasteiger charge is 2.43. The molecule has 0 radical (unpaired) electrons. The average Bonchev–Trinajstić information content (AvgIpc) is 3.57. The Hall–Kier alpha value is -4.62. The fourth-order valence-corrected chi connectivity index (χ4v) is 7.68. The van der Waals surface area contributed by atoms with Gasteiger partial charge in [0, 0.05) is 77.5 Å². The van der Waals surface area contributed by atoms with Gasteiger partial charge in [-0.1, -0.05) is 43.2 Å². The molecule has 1 aliphatic carbocycles. The summed E-state index contributed by atoms with van der Waals surface area (Å²) in [6, 6.07) is 16.7. The van der Waals surface area contributed by atoms with Crippen LogP contribution in [0.1, 0.15) is 55.6 Å². The second kappa shape index (κ2) is 15.5. The van der Waals surface area contributed by atoms with Gasteiger partial charge in [0.15, 0.2) is 5.69 Å². The van der Waals surface area contributed by atoms with E-state index in [1.807, 2.05) is 64.1 Å². The normalized spacial score (nSPS) is 22.8. The number of carbonyl (C=O) groups is 3. The molecule has 6 rings (SSSR count). The summed E-state index contributed by atoms with van der Waals surface area (Å²) < 4.78 is 13.5. The van der Waals surface area contributed by atoms with Crippen molar-refractivity contribution in [1.82, 2.24) is 24.3 Å². The lowest BCUT2D eigenvalue weighted by Gasteiger charge is -2.41. The summed E-state index contributed by atoms with van der Waals surface area (Å²) in [5.74, 6) is 0.499.